The van der Waals surface area contributed by atoms with Crippen molar-refractivity contribution >= 4 is 5.97 Å². The average Bonchev–Trinajstić information content (AvgIpc) is 1.88. The first-order valence-electron chi connectivity index (χ1n) is 3.63. The van der Waals surface area contributed by atoms with E-state index in [9.17, 15) is 9.90 Å². The Morgan fingerprint density at radius 1 is 1.73 bits per heavy atom. The fourth-order valence-corrected chi connectivity index (χ4v) is 0.716. The van der Waals surface area contributed by atoms with E-state index >= 15 is 0 Å². The first kappa shape index (κ1) is 10.4. The van der Waals surface area contributed by atoms with Crippen LogP contribution in [0.3, 0.4) is 0 Å². The summed E-state index contributed by atoms with van der Waals surface area (Å²) in [6.45, 7) is 3.18. The molecule has 2 unspecified atom stereocenters. The number of aliphatic hydroxyl groups excluding tert-OH is 1. The maximum atomic E-state index is 10.5. The number of rotatable bonds is 4. The third-order valence-corrected chi connectivity index (χ3v) is 1.72. The highest BCUT2D eigenvalue weighted by molar-refractivity contribution is 5.78. The van der Waals surface area contributed by atoms with Crippen LogP contribution in [0.25, 0.3) is 0 Å². The normalized spacial score (nSPS) is 18.9. The Kier molecular flexibility index (Phi) is 3.48. The van der Waals surface area contributed by atoms with Crippen molar-refractivity contribution in [2.75, 3.05) is 0 Å². The highest BCUT2D eigenvalue weighted by Gasteiger charge is 2.35. The van der Waals surface area contributed by atoms with Crippen LogP contribution in [0.15, 0.2) is 0 Å². The van der Waals surface area contributed by atoms with Crippen molar-refractivity contribution in [3.05, 3.63) is 0 Å². The van der Waals surface area contributed by atoms with Gasteiger partial charge in [-0.25, -0.2) is 0 Å². The van der Waals surface area contributed by atoms with Gasteiger partial charge < -0.3 is 15.9 Å². The Labute approximate surface area is 66.0 Å². The van der Waals surface area contributed by atoms with E-state index in [1.807, 2.05) is 6.92 Å². The van der Waals surface area contributed by atoms with Gasteiger partial charge in [-0.05, 0) is 13.3 Å². The molecule has 0 aliphatic heterocycles. The van der Waals surface area contributed by atoms with E-state index in [1.165, 1.54) is 6.92 Å². The summed E-state index contributed by atoms with van der Waals surface area (Å²) in [7, 11) is 0. The largest absolute Gasteiger partial charge is 0.480 e. The molecular weight excluding hydrogens is 146 g/mol. The molecule has 0 radical (unpaired) electrons. The second-order valence-electron chi connectivity index (χ2n) is 2.89. The van der Waals surface area contributed by atoms with Crippen molar-refractivity contribution in [3.63, 3.8) is 0 Å². The summed E-state index contributed by atoms with van der Waals surface area (Å²) in [5.41, 5.74) is 3.82. The van der Waals surface area contributed by atoms with Crippen molar-refractivity contribution < 1.29 is 15.0 Å². The fraction of sp³-hybridized carbons (Fsp3) is 0.857. The highest BCUT2D eigenvalue weighted by atomic mass is 16.4. The van der Waals surface area contributed by atoms with Crippen molar-refractivity contribution in [1.29, 1.82) is 0 Å². The molecule has 0 fully saturated rings. The quantitative estimate of drug-likeness (QED) is 0.539. The van der Waals surface area contributed by atoms with Gasteiger partial charge in [0.15, 0.2) is 0 Å². The van der Waals surface area contributed by atoms with Gasteiger partial charge in [0.2, 0.25) is 0 Å². The molecule has 0 aliphatic rings. The summed E-state index contributed by atoms with van der Waals surface area (Å²) >= 11 is 0. The van der Waals surface area contributed by atoms with Crippen LogP contribution in [-0.2, 0) is 4.79 Å². The molecule has 0 aromatic carbocycles. The zero-order valence-electron chi connectivity index (χ0n) is 6.87. The third-order valence-electron chi connectivity index (χ3n) is 1.72. The molecule has 0 rings (SSSR count). The lowest BCUT2D eigenvalue weighted by Crippen LogP contribution is -2.54. The highest BCUT2D eigenvalue weighted by Crippen LogP contribution is 2.11. The maximum Gasteiger partial charge on any atom is 0.326 e. The second kappa shape index (κ2) is 3.69. The van der Waals surface area contributed by atoms with Gasteiger partial charge in [0.05, 0.1) is 6.10 Å². The van der Waals surface area contributed by atoms with Gasteiger partial charge in [-0.1, -0.05) is 13.3 Å². The Balaban J connectivity index is 4.17. The Morgan fingerprint density at radius 3 is 2.45 bits per heavy atom. The molecule has 66 valence electrons. The van der Waals surface area contributed by atoms with Gasteiger partial charge in [-0.15, -0.1) is 0 Å². The monoisotopic (exact) mass is 161 g/mol. The van der Waals surface area contributed by atoms with E-state index in [4.69, 9.17) is 10.8 Å². The number of carboxylic acid groups (broad SMARTS) is 1. The SMILES string of the molecule is CCCC(O)C(C)(N)C(=O)O. The summed E-state index contributed by atoms with van der Waals surface area (Å²) < 4.78 is 0. The molecule has 0 bridgehead atoms. The first-order chi connectivity index (χ1) is 4.92. The molecule has 0 saturated heterocycles. The molecule has 4 nitrogen and oxygen atoms in total. The smallest absolute Gasteiger partial charge is 0.326 e. The number of aliphatic hydroxyl groups is 1. The van der Waals surface area contributed by atoms with Gasteiger partial charge >= 0.3 is 5.97 Å². The van der Waals surface area contributed by atoms with Gasteiger partial charge in [-0.2, -0.15) is 0 Å². The lowest BCUT2D eigenvalue weighted by Gasteiger charge is -2.25. The molecule has 0 aromatic rings. The average molecular weight is 161 g/mol. The molecule has 4 heteroatoms. The van der Waals surface area contributed by atoms with Gasteiger partial charge in [0.25, 0.3) is 0 Å². The third kappa shape index (κ3) is 2.48. The number of aliphatic carboxylic acids is 1. The standard InChI is InChI=1S/C7H15NO3/c1-3-4-5(9)7(2,8)6(10)11/h5,9H,3-4,8H2,1-2H3,(H,10,11). The Hall–Kier alpha value is -0.610. The van der Waals surface area contributed by atoms with E-state index in [0.717, 1.165) is 6.42 Å². The van der Waals surface area contributed by atoms with Crippen LogP contribution in [0.2, 0.25) is 0 Å². The van der Waals surface area contributed by atoms with Crippen LogP contribution >= 0.6 is 0 Å². The molecule has 0 amide bonds. The van der Waals surface area contributed by atoms with Crippen LogP contribution in [0.5, 0.6) is 0 Å². The van der Waals surface area contributed by atoms with Gasteiger partial charge in [-0.3, -0.25) is 4.79 Å². The fourth-order valence-electron chi connectivity index (χ4n) is 0.716. The lowest BCUT2D eigenvalue weighted by molar-refractivity contribution is -0.147. The summed E-state index contributed by atoms with van der Waals surface area (Å²) in [4.78, 5) is 10.5. The maximum absolute atomic E-state index is 10.5. The second-order valence-corrected chi connectivity index (χ2v) is 2.89. The van der Waals surface area contributed by atoms with E-state index in [0.29, 0.717) is 6.42 Å². The van der Waals surface area contributed by atoms with Gasteiger partial charge in [0, 0.05) is 0 Å². The summed E-state index contributed by atoms with van der Waals surface area (Å²) in [5, 5.41) is 17.8. The van der Waals surface area contributed by atoms with E-state index in [-0.39, 0.29) is 0 Å². The molecule has 0 heterocycles. The molecule has 2 atom stereocenters. The van der Waals surface area contributed by atoms with Crippen molar-refractivity contribution in [1.82, 2.24) is 0 Å². The molecule has 0 saturated carbocycles. The predicted molar refractivity (Wildman–Crippen MR) is 41.1 cm³/mol. The summed E-state index contributed by atoms with van der Waals surface area (Å²) in [5.74, 6) is -1.17. The predicted octanol–water partition coefficient (Wildman–Crippen LogP) is -0.0506. The Bertz CT molecular complexity index is 145. The number of hydrogen-bond acceptors (Lipinski definition) is 3. The molecular formula is C7H15NO3. The summed E-state index contributed by atoms with van der Waals surface area (Å²) in [6, 6.07) is 0. The van der Waals surface area contributed by atoms with Crippen molar-refractivity contribution in [2.24, 2.45) is 5.73 Å². The van der Waals surface area contributed by atoms with Crippen molar-refractivity contribution in [3.8, 4) is 0 Å². The minimum absolute atomic E-state index is 0.416. The van der Waals surface area contributed by atoms with Crippen LogP contribution in [0.1, 0.15) is 26.7 Å². The number of hydrogen-bond donors (Lipinski definition) is 3. The van der Waals surface area contributed by atoms with Crippen molar-refractivity contribution in [2.45, 2.75) is 38.3 Å². The first-order valence-corrected chi connectivity index (χ1v) is 3.63. The number of carbonyl (C=O) groups is 1. The molecule has 4 N–H and O–H groups in total. The molecule has 0 aliphatic carbocycles. The molecule has 0 spiro atoms. The van der Waals surface area contributed by atoms with Crippen LogP contribution in [0, 0.1) is 0 Å². The topological polar surface area (TPSA) is 83.5 Å². The number of carboxylic acids is 1. The minimum Gasteiger partial charge on any atom is -0.480 e. The van der Waals surface area contributed by atoms with E-state index in [2.05, 4.69) is 0 Å². The molecule has 11 heavy (non-hydrogen) atoms. The van der Waals surface area contributed by atoms with E-state index < -0.39 is 17.6 Å². The zero-order valence-corrected chi connectivity index (χ0v) is 6.87. The summed E-state index contributed by atoms with van der Waals surface area (Å²) in [6.07, 6.45) is 0.172. The Morgan fingerprint density at radius 2 is 2.18 bits per heavy atom. The number of nitrogens with two attached hydrogens (primary N) is 1. The minimum atomic E-state index is -1.52. The van der Waals surface area contributed by atoms with Gasteiger partial charge in [0.1, 0.15) is 5.54 Å². The van der Waals surface area contributed by atoms with Crippen LogP contribution in [0.4, 0.5) is 0 Å². The van der Waals surface area contributed by atoms with Crippen LogP contribution < -0.4 is 5.73 Å². The van der Waals surface area contributed by atoms with E-state index in [1.54, 1.807) is 0 Å². The van der Waals surface area contributed by atoms with Crippen LogP contribution in [-0.4, -0.2) is 27.8 Å². The molecule has 0 aromatic heterocycles. The zero-order chi connectivity index (χ0) is 9.07. The lowest BCUT2D eigenvalue weighted by atomic mass is 9.93.